The fourth-order valence-electron chi connectivity index (χ4n) is 3.65. The normalized spacial score (nSPS) is 16.9. The van der Waals surface area contributed by atoms with Gasteiger partial charge >= 0.3 is 0 Å². The quantitative estimate of drug-likeness (QED) is 0.656. The second-order valence-electron chi connectivity index (χ2n) is 7.00. The molecule has 0 radical (unpaired) electrons. The first-order valence-electron chi connectivity index (χ1n) is 9.57. The minimum atomic E-state index is -0.115. The monoisotopic (exact) mass is 380 g/mol. The van der Waals surface area contributed by atoms with Crippen LogP contribution in [0.2, 0.25) is 0 Å². The zero-order chi connectivity index (χ0) is 19.3. The Hall–Kier alpha value is -3.09. The number of carbonyl (C=O) groups is 1. The van der Waals surface area contributed by atoms with Gasteiger partial charge in [-0.2, -0.15) is 5.10 Å². The summed E-state index contributed by atoms with van der Waals surface area (Å²) in [5.74, 6) is 2.26. The number of aromatic nitrogens is 3. The van der Waals surface area contributed by atoms with Gasteiger partial charge in [0.2, 0.25) is 11.8 Å². The molecule has 0 bridgehead atoms. The van der Waals surface area contributed by atoms with Crippen molar-refractivity contribution in [3.8, 4) is 5.75 Å². The lowest BCUT2D eigenvalue weighted by Gasteiger charge is -2.33. The van der Waals surface area contributed by atoms with E-state index in [-0.39, 0.29) is 18.5 Å². The molecule has 3 aromatic rings. The Morgan fingerprint density at radius 3 is 3.07 bits per heavy atom. The van der Waals surface area contributed by atoms with Gasteiger partial charge in [-0.05, 0) is 43.0 Å². The Labute approximate surface area is 163 Å². The molecule has 1 unspecified atom stereocenters. The molecule has 1 saturated heterocycles. The van der Waals surface area contributed by atoms with Crippen LogP contribution in [0, 0.1) is 0 Å². The summed E-state index contributed by atoms with van der Waals surface area (Å²) in [5.41, 5.74) is 1.09. The van der Waals surface area contributed by atoms with Crippen LogP contribution < -0.4 is 4.74 Å². The van der Waals surface area contributed by atoms with E-state index in [9.17, 15) is 4.79 Å². The van der Waals surface area contributed by atoms with E-state index in [0.29, 0.717) is 12.3 Å². The third-order valence-corrected chi connectivity index (χ3v) is 5.05. The molecule has 1 atom stereocenters. The zero-order valence-electron chi connectivity index (χ0n) is 16.0. The van der Waals surface area contributed by atoms with Crippen molar-refractivity contribution in [3.05, 3.63) is 66.1 Å². The van der Waals surface area contributed by atoms with Crippen LogP contribution in [0.4, 0.5) is 0 Å². The van der Waals surface area contributed by atoms with Gasteiger partial charge in [-0.3, -0.25) is 9.48 Å². The number of benzene rings is 1. The lowest BCUT2D eigenvalue weighted by atomic mass is 10.0. The number of amides is 1. The highest BCUT2D eigenvalue weighted by Gasteiger charge is 2.31. The maximum atomic E-state index is 12.8. The van der Waals surface area contributed by atoms with Crippen molar-refractivity contribution in [2.24, 2.45) is 0 Å². The van der Waals surface area contributed by atoms with E-state index in [0.717, 1.165) is 42.9 Å². The average Bonchev–Trinajstić information content (AvgIpc) is 3.40. The second-order valence-corrected chi connectivity index (χ2v) is 7.00. The summed E-state index contributed by atoms with van der Waals surface area (Å²) in [7, 11) is 1.66. The Morgan fingerprint density at radius 2 is 2.25 bits per heavy atom. The highest BCUT2D eigenvalue weighted by Crippen LogP contribution is 2.31. The Bertz CT molecular complexity index is 919. The van der Waals surface area contributed by atoms with Crippen LogP contribution in [0.5, 0.6) is 5.75 Å². The number of hydrogen-bond donors (Lipinski definition) is 0. The lowest BCUT2D eigenvalue weighted by molar-refractivity contribution is -0.136. The minimum absolute atomic E-state index is 0.0425. The minimum Gasteiger partial charge on any atom is -0.497 e. The van der Waals surface area contributed by atoms with Gasteiger partial charge in [0.25, 0.3) is 0 Å². The first kappa shape index (κ1) is 18.3. The molecule has 1 fully saturated rings. The molecule has 1 amide bonds. The summed E-state index contributed by atoms with van der Waals surface area (Å²) >= 11 is 0. The van der Waals surface area contributed by atoms with Crippen molar-refractivity contribution in [2.75, 3.05) is 13.7 Å². The summed E-state index contributed by atoms with van der Waals surface area (Å²) in [6.45, 7) is 0.958. The van der Waals surface area contributed by atoms with Gasteiger partial charge < -0.3 is 14.1 Å². The summed E-state index contributed by atoms with van der Waals surface area (Å²) in [6.07, 6.45) is 8.80. The third-order valence-electron chi connectivity index (χ3n) is 5.05. The van der Waals surface area contributed by atoms with Crippen molar-refractivity contribution in [1.29, 1.82) is 0 Å². The van der Waals surface area contributed by atoms with Crippen LogP contribution >= 0.6 is 0 Å². The van der Waals surface area contributed by atoms with Crippen LogP contribution in [-0.2, 0) is 17.8 Å². The zero-order valence-corrected chi connectivity index (χ0v) is 16.0. The van der Waals surface area contributed by atoms with Crippen LogP contribution in [0.1, 0.15) is 42.5 Å². The predicted octanol–water partition coefficient (Wildman–Crippen LogP) is 3.22. The molecule has 0 N–H and O–H groups in total. The number of nitrogens with zero attached hydrogens (tertiary/aromatic N) is 4. The first-order chi connectivity index (χ1) is 13.7. The van der Waals surface area contributed by atoms with E-state index in [1.807, 2.05) is 35.2 Å². The number of carbonyl (C=O) groups excluding carboxylic acids is 1. The van der Waals surface area contributed by atoms with Crippen molar-refractivity contribution in [3.63, 3.8) is 0 Å². The molecule has 0 saturated carbocycles. The highest BCUT2D eigenvalue weighted by atomic mass is 16.5. The summed E-state index contributed by atoms with van der Waals surface area (Å²) in [5, 5.41) is 4.13. The Kier molecular flexibility index (Phi) is 5.41. The molecule has 1 aliphatic heterocycles. The van der Waals surface area contributed by atoms with Crippen LogP contribution in [0.3, 0.4) is 0 Å². The number of piperidine rings is 1. The summed E-state index contributed by atoms with van der Waals surface area (Å²) in [4.78, 5) is 19.2. The second kappa shape index (κ2) is 8.29. The van der Waals surface area contributed by atoms with Crippen molar-refractivity contribution < 1.29 is 13.9 Å². The van der Waals surface area contributed by atoms with E-state index in [1.165, 1.54) is 0 Å². The van der Waals surface area contributed by atoms with Gasteiger partial charge in [0.1, 0.15) is 24.1 Å². The van der Waals surface area contributed by atoms with E-state index in [2.05, 4.69) is 10.1 Å². The van der Waals surface area contributed by atoms with Crippen LogP contribution in [0.25, 0.3) is 0 Å². The van der Waals surface area contributed by atoms with Gasteiger partial charge in [0.05, 0.1) is 13.3 Å². The van der Waals surface area contributed by atoms with Crippen molar-refractivity contribution >= 4 is 5.91 Å². The number of rotatable bonds is 6. The first-order valence-corrected chi connectivity index (χ1v) is 9.57. The fourth-order valence-corrected chi connectivity index (χ4v) is 3.65. The van der Waals surface area contributed by atoms with Crippen molar-refractivity contribution in [1.82, 2.24) is 19.7 Å². The molecule has 146 valence electrons. The number of ether oxygens (including phenoxy) is 1. The Morgan fingerprint density at radius 1 is 1.32 bits per heavy atom. The lowest BCUT2D eigenvalue weighted by Crippen LogP contribution is -2.40. The molecule has 1 aromatic carbocycles. The van der Waals surface area contributed by atoms with E-state index in [1.54, 1.807) is 30.4 Å². The third kappa shape index (κ3) is 4.08. The summed E-state index contributed by atoms with van der Waals surface area (Å²) < 4.78 is 13.0. The van der Waals surface area contributed by atoms with E-state index in [4.69, 9.17) is 9.15 Å². The standard InChI is InChI=1S/C21H24N4O3/c1-27-17-7-4-6-16(12-17)13-18-14-22-21(28-18)19-8-2-3-11-25(19)20(26)15-24-10-5-9-23-24/h4-7,9-10,12,14,19H,2-3,8,11,13,15H2,1H3. The van der Waals surface area contributed by atoms with E-state index < -0.39 is 0 Å². The number of hydrogen-bond acceptors (Lipinski definition) is 5. The summed E-state index contributed by atoms with van der Waals surface area (Å²) in [6, 6.07) is 9.60. The molecule has 4 rings (SSSR count). The molecule has 28 heavy (non-hydrogen) atoms. The highest BCUT2D eigenvalue weighted by molar-refractivity contribution is 5.76. The van der Waals surface area contributed by atoms with Gasteiger partial charge in [0.15, 0.2) is 0 Å². The van der Waals surface area contributed by atoms with Gasteiger partial charge in [-0.15, -0.1) is 0 Å². The molecule has 7 heteroatoms. The number of likely N-dealkylation sites (tertiary alicyclic amines) is 1. The molecule has 7 nitrogen and oxygen atoms in total. The smallest absolute Gasteiger partial charge is 0.244 e. The largest absolute Gasteiger partial charge is 0.497 e. The van der Waals surface area contributed by atoms with Gasteiger partial charge in [-0.1, -0.05) is 12.1 Å². The molecule has 0 aliphatic carbocycles. The molecular formula is C21H24N4O3. The number of methoxy groups -OCH3 is 1. The predicted molar refractivity (Wildman–Crippen MR) is 103 cm³/mol. The van der Waals surface area contributed by atoms with Crippen LogP contribution in [-0.4, -0.2) is 39.2 Å². The molecule has 1 aliphatic rings. The fraction of sp³-hybridized carbons (Fsp3) is 0.381. The van der Waals surface area contributed by atoms with Gasteiger partial charge in [-0.25, -0.2) is 4.98 Å². The Balaban J connectivity index is 1.48. The van der Waals surface area contributed by atoms with Crippen molar-refractivity contribution in [2.45, 2.75) is 38.3 Å². The molecular weight excluding hydrogens is 356 g/mol. The topological polar surface area (TPSA) is 73.4 Å². The maximum absolute atomic E-state index is 12.8. The average molecular weight is 380 g/mol. The SMILES string of the molecule is COc1cccc(Cc2cnc(C3CCCCN3C(=O)Cn3cccn3)o2)c1. The maximum Gasteiger partial charge on any atom is 0.244 e. The molecule has 3 heterocycles. The van der Waals surface area contributed by atoms with Gasteiger partial charge in [0, 0.05) is 25.4 Å². The number of oxazole rings is 1. The molecule has 2 aromatic heterocycles. The van der Waals surface area contributed by atoms with E-state index >= 15 is 0 Å². The van der Waals surface area contributed by atoms with Crippen LogP contribution in [0.15, 0.2) is 53.3 Å². The molecule has 0 spiro atoms.